The topological polar surface area (TPSA) is 90.3 Å². The molecule has 0 saturated carbocycles. The molecule has 0 saturated heterocycles. The van der Waals surface area contributed by atoms with Crippen molar-refractivity contribution in [2.24, 2.45) is 0 Å². The van der Waals surface area contributed by atoms with E-state index in [0.717, 1.165) is 25.1 Å². The van der Waals surface area contributed by atoms with E-state index >= 15 is 0 Å². The Morgan fingerprint density at radius 2 is 1.96 bits per heavy atom. The van der Waals surface area contributed by atoms with Gasteiger partial charge in [-0.05, 0) is 43.2 Å². The maximum absolute atomic E-state index is 12.7. The van der Waals surface area contributed by atoms with E-state index in [-0.39, 0.29) is 11.1 Å². The lowest BCUT2D eigenvalue weighted by Crippen LogP contribution is -2.28. The smallest absolute Gasteiger partial charge is 0.339 e. The Kier molecular flexibility index (Phi) is 4.65. The minimum atomic E-state index is -0.532. The number of para-hydroxylation sites is 1. The highest BCUT2D eigenvalue weighted by atomic mass is 16.5. The van der Waals surface area contributed by atoms with Crippen LogP contribution in [0.2, 0.25) is 0 Å². The molecule has 1 N–H and O–H groups in total. The summed E-state index contributed by atoms with van der Waals surface area (Å²) in [6.07, 6.45) is 2.73. The molecular weight excluding hydrogens is 358 g/mol. The normalized spacial score (nSPS) is 13.0. The predicted molar refractivity (Wildman–Crippen MR) is 105 cm³/mol. The van der Waals surface area contributed by atoms with Gasteiger partial charge in [-0.2, -0.15) is 0 Å². The zero-order chi connectivity index (χ0) is 19.7. The van der Waals surface area contributed by atoms with Crippen LogP contribution in [-0.2, 0) is 17.7 Å². The standard InChI is InChI=1S/C21H19N3O4/c1-28-21(27)15-6-2-3-7-16(15)23-19(25)13-9-10-14-17(12-13)22-18-8-4-5-11-24(18)20(14)26/h2-3,6-7,9-10,12H,4-5,8,11H2,1H3,(H,23,25). The van der Waals surface area contributed by atoms with Crippen molar-refractivity contribution in [2.45, 2.75) is 25.8 Å². The largest absolute Gasteiger partial charge is 0.465 e. The Morgan fingerprint density at radius 3 is 2.79 bits per heavy atom. The Labute approximate surface area is 161 Å². The van der Waals surface area contributed by atoms with Crippen LogP contribution in [-0.4, -0.2) is 28.5 Å². The molecule has 3 aromatic rings. The second-order valence-corrected chi connectivity index (χ2v) is 6.67. The third-order valence-corrected chi connectivity index (χ3v) is 4.91. The van der Waals surface area contributed by atoms with Gasteiger partial charge in [0, 0.05) is 18.5 Å². The molecule has 0 unspecified atom stereocenters. The molecule has 2 heterocycles. The lowest BCUT2D eigenvalue weighted by atomic mass is 10.1. The number of aromatic nitrogens is 2. The van der Waals surface area contributed by atoms with Crippen molar-refractivity contribution in [3.63, 3.8) is 0 Å². The molecule has 1 amide bonds. The van der Waals surface area contributed by atoms with Gasteiger partial charge in [-0.3, -0.25) is 14.2 Å². The highest BCUT2D eigenvalue weighted by molar-refractivity contribution is 6.09. The quantitative estimate of drug-likeness (QED) is 0.709. The number of carbonyl (C=O) groups excluding carboxylic acids is 2. The van der Waals surface area contributed by atoms with E-state index in [1.54, 1.807) is 47.0 Å². The number of aryl methyl sites for hydroxylation is 1. The van der Waals surface area contributed by atoms with Gasteiger partial charge < -0.3 is 10.1 Å². The number of benzene rings is 2. The summed E-state index contributed by atoms with van der Waals surface area (Å²) in [5.74, 6) is -0.161. The summed E-state index contributed by atoms with van der Waals surface area (Å²) >= 11 is 0. The number of nitrogens with one attached hydrogen (secondary N) is 1. The highest BCUT2D eigenvalue weighted by Crippen LogP contribution is 2.19. The van der Waals surface area contributed by atoms with Gasteiger partial charge >= 0.3 is 5.97 Å². The average Bonchev–Trinajstić information content (AvgIpc) is 2.73. The molecule has 142 valence electrons. The first-order valence-corrected chi connectivity index (χ1v) is 9.10. The van der Waals surface area contributed by atoms with E-state index in [9.17, 15) is 14.4 Å². The van der Waals surface area contributed by atoms with Crippen molar-refractivity contribution in [3.05, 3.63) is 69.8 Å². The van der Waals surface area contributed by atoms with Gasteiger partial charge in [0.15, 0.2) is 0 Å². The fourth-order valence-corrected chi connectivity index (χ4v) is 3.46. The van der Waals surface area contributed by atoms with Gasteiger partial charge in [-0.1, -0.05) is 12.1 Å². The van der Waals surface area contributed by atoms with E-state index in [1.165, 1.54) is 7.11 Å². The molecular formula is C21H19N3O4. The predicted octanol–water partition coefficient (Wildman–Crippen LogP) is 2.77. The first kappa shape index (κ1) is 17.9. The van der Waals surface area contributed by atoms with Crippen molar-refractivity contribution >= 4 is 28.5 Å². The summed E-state index contributed by atoms with van der Waals surface area (Å²) in [5.41, 5.74) is 1.43. The number of esters is 1. The Balaban J connectivity index is 1.69. The summed E-state index contributed by atoms with van der Waals surface area (Å²) in [6, 6.07) is 11.5. The highest BCUT2D eigenvalue weighted by Gasteiger charge is 2.17. The van der Waals surface area contributed by atoms with Crippen molar-refractivity contribution in [3.8, 4) is 0 Å². The van der Waals surface area contributed by atoms with Crippen LogP contribution in [0.5, 0.6) is 0 Å². The van der Waals surface area contributed by atoms with Crippen LogP contribution in [0.3, 0.4) is 0 Å². The maximum atomic E-state index is 12.7. The Morgan fingerprint density at radius 1 is 1.14 bits per heavy atom. The number of carbonyl (C=O) groups is 2. The maximum Gasteiger partial charge on any atom is 0.339 e. The molecule has 1 aromatic heterocycles. The first-order chi connectivity index (χ1) is 13.6. The number of fused-ring (bicyclic) bond motifs is 2. The zero-order valence-electron chi connectivity index (χ0n) is 15.4. The van der Waals surface area contributed by atoms with Crippen LogP contribution < -0.4 is 10.9 Å². The number of hydrogen-bond acceptors (Lipinski definition) is 5. The number of ether oxygens (including phenoxy) is 1. The second kappa shape index (κ2) is 7.26. The van der Waals surface area contributed by atoms with E-state index in [1.807, 2.05) is 0 Å². The van der Waals surface area contributed by atoms with E-state index in [0.29, 0.717) is 28.7 Å². The van der Waals surface area contributed by atoms with E-state index < -0.39 is 11.9 Å². The SMILES string of the molecule is COC(=O)c1ccccc1NC(=O)c1ccc2c(=O)n3c(nc2c1)CCCC3. The van der Waals surface area contributed by atoms with E-state index in [4.69, 9.17) is 4.74 Å². The Bertz CT molecular complexity index is 1150. The van der Waals surface area contributed by atoms with Gasteiger partial charge in [0.2, 0.25) is 0 Å². The van der Waals surface area contributed by atoms with Crippen LogP contribution in [0, 0.1) is 0 Å². The fourth-order valence-electron chi connectivity index (χ4n) is 3.46. The molecule has 0 bridgehead atoms. The number of hydrogen-bond donors (Lipinski definition) is 1. The van der Waals surface area contributed by atoms with Gasteiger partial charge in [-0.15, -0.1) is 0 Å². The average molecular weight is 377 g/mol. The van der Waals surface area contributed by atoms with Crippen molar-refractivity contribution in [2.75, 3.05) is 12.4 Å². The molecule has 4 rings (SSSR count). The number of amides is 1. The molecule has 0 atom stereocenters. The van der Waals surface area contributed by atoms with Crippen LogP contribution in [0.4, 0.5) is 5.69 Å². The molecule has 1 aliphatic rings. The third-order valence-electron chi connectivity index (χ3n) is 4.91. The van der Waals surface area contributed by atoms with Crippen molar-refractivity contribution in [1.29, 1.82) is 0 Å². The third kappa shape index (κ3) is 3.15. The molecule has 0 spiro atoms. The summed E-state index contributed by atoms with van der Waals surface area (Å²) in [6.45, 7) is 0.684. The van der Waals surface area contributed by atoms with Gasteiger partial charge in [0.25, 0.3) is 11.5 Å². The van der Waals surface area contributed by atoms with Gasteiger partial charge in [-0.25, -0.2) is 9.78 Å². The Hall–Kier alpha value is -3.48. The first-order valence-electron chi connectivity index (χ1n) is 9.10. The van der Waals surface area contributed by atoms with Crippen LogP contribution in [0.25, 0.3) is 10.9 Å². The van der Waals surface area contributed by atoms with Gasteiger partial charge in [0.05, 0.1) is 29.3 Å². The molecule has 0 fully saturated rings. The number of methoxy groups -OCH3 is 1. The zero-order valence-corrected chi connectivity index (χ0v) is 15.4. The minimum Gasteiger partial charge on any atom is -0.465 e. The minimum absolute atomic E-state index is 0.0669. The molecule has 7 nitrogen and oxygen atoms in total. The number of anilines is 1. The second-order valence-electron chi connectivity index (χ2n) is 6.67. The summed E-state index contributed by atoms with van der Waals surface area (Å²) < 4.78 is 6.47. The van der Waals surface area contributed by atoms with Crippen LogP contribution >= 0.6 is 0 Å². The summed E-state index contributed by atoms with van der Waals surface area (Å²) in [5, 5.41) is 3.23. The fraction of sp³-hybridized carbons (Fsp3) is 0.238. The van der Waals surface area contributed by atoms with Crippen LogP contribution in [0.1, 0.15) is 39.4 Å². The van der Waals surface area contributed by atoms with Crippen molar-refractivity contribution < 1.29 is 14.3 Å². The molecule has 28 heavy (non-hydrogen) atoms. The summed E-state index contributed by atoms with van der Waals surface area (Å²) in [4.78, 5) is 41.9. The monoisotopic (exact) mass is 377 g/mol. The lowest BCUT2D eigenvalue weighted by Gasteiger charge is -2.18. The van der Waals surface area contributed by atoms with E-state index in [2.05, 4.69) is 10.3 Å². The summed E-state index contributed by atoms with van der Waals surface area (Å²) in [7, 11) is 1.29. The number of nitrogens with zero attached hydrogens (tertiary/aromatic N) is 2. The van der Waals surface area contributed by atoms with Gasteiger partial charge in [0.1, 0.15) is 5.82 Å². The molecule has 1 aliphatic heterocycles. The lowest BCUT2D eigenvalue weighted by molar-refractivity contribution is 0.0602. The molecule has 2 aromatic carbocycles. The van der Waals surface area contributed by atoms with Crippen LogP contribution in [0.15, 0.2) is 47.3 Å². The van der Waals surface area contributed by atoms with Crippen molar-refractivity contribution in [1.82, 2.24) is 9.55 Å². The molecule has 0 radical (unpaired) electrons. The molecule has 7 heteroatoms. The number of rotatable bonds is 3. The molecule has 0 aliphatic carbocycles.